The van der Waals surface area contributed by atoms with Crippen molar-refractivity contribution in [1.82, 2.24) is 0 Å². The lowest BCUT2D eigenvalue weighted by molar-refractivity contribution is -0.137. The fraction of sp³-hybridized carbons (Fsp3) is 0.467. The van der Waals surface area contributed by atoms with E-state index in [1.807, 2.05) is 51.1 Å². The van der Waals surface area contributed by atoms with E-state index in [2.05, 4.69) is 4.99 Å². The van der Waals surface area contributed by atoms with Crippen LogP contribution in [0.15, 0.2) is 35.3 Å². The van der Waals surface area contributed by atoms with Gasteiger partial charge in [0.2, 0.25) is 0 Å². The summed E-state index contributed by atoms with van der Waals surface area (Å²) in [6, 6.07) is 9.38. The summed E-state index contributed by atoms with van der Waals surface area (Å²) >= 11 is 1.60. The fourth-order valence-electron chi connectivity index (χ4n) is 1.35. The summed E-state index contributed by atoms with van der Waals surface area (Å²) in [5, 5.41) is 9.14. The predicted molar refractivity (Wildman–Crippen MR) is 82.0 cm³/mol. The highest BCUT2D eigenvalue weighted by molar-refractivity contribution is 7.98. The van der Waals surface area contributed by atoms with Crippen LogP contribution in [-0.4, -0.2) is 29.1 Å². The van der Waals surface area contributed by atoms with Gasteiger partial charge in [-0.2, -0.15) is 11.8 Å². The quantitative estimate of drug-likeness (QED) is 0.811. The van der Waals surface area contributed by atoms with Crippen LogP contribution in [-0.2, 0) is 10.5 Å². The maximum absolute atomic E-state index is 11.1. The maximum Gasteiger partial charge on any atom is 0.329 e. The van der Waals surface area contributed by atoms with E-state index in [0.717, 1.165) is 5.75 Å². The highest BCUT2D eigenvalue weighted by Gasteiger charge is 2.16. The third kappa shape index (κ3) is 7.01. The van der Waals surface area contributed by atoms with Crippen LogP contribution >= 0.6 is 11.8 Å². The van der Waals surface area contributed by atoms with Crippen molar-refractivity contribution in [3.63, 3.8) is 0 Å². The van der Waals surface area contributed by atoms with Gasteiger partial charge in [-0.1, -0.05) is 51.1 Å². The topological polar surface area (TPSA) is 49.7 Å². The first kappa shape index (κ1) is 15.8. The number of thioether (sulfide) groups is 1. The van der Waals surface area contributed by atoms with E-state index in [1.54, 1.807) is 18.0 Å². The molecule has 0 aliphatic heterocycles. The molecule has 0 saturated heterocycles. The molecule has 0 aliphatic rings. The molecule has 104 valence electrons. The van der Waals surface area contributed by atoms with Gasteiger partial charge in [0.05, 0.1) is 0 Å². The maximum atomic E-state index is 11.1. The molecular weight excluding hydrogens is 258 g/mol. The Kier molecular flexibility index (Phi) is 6.09. The second-order valence-corrected chi connectivity index (χ2v) is 6.53. The summed E-state index contributed by atoms with van der Waals surface area (Å²) in [6.07, 6.45) is 1.73. The van der Waals surface area contributed by atoms with E-state index in [-0.39, 0.29) is 5.41 Å². The molecule has 0 saturated carbocycles. The molecular formula is C15H21NO2S. The minimum Gasteiger partial charge on any atom is -0.480 e. The Morgan fingerprint density at radius 1 is 1.37 bits per heavy atom. The van der Waals surface area contributed by atoms with Crippen molar-refractivity contribution in [2.24, 2.45) is 10.4 Å². The van der Waals surface area contributed by atoms with Crippen molar-refractivity contribution in [1.29, 1.82) is 0 Å². The first-order valence-electron chi connectivity index (χ1n) is 6.27. The zero-order valence-corrected chi connectivity index (χ0v) is 12.5. The Balaban J connectivity index is 2.47. The number of benzene rings is 1. The summed E-state index contributed by atoms with van der Waals surface area (Å²) in [5.74, 6) is 0.452. The SMILES string of the molecule is CC(C)(C)C=N[C@@H](CSCc1ccccc1)C(=O)O. The molecule has 1 aromatic carbocycles. The minimum atomic E-state index is -0.860. The molecule has 0 aromatic heterocycles. The molecule has 1 aromatic rings. The highest BCUT2D eigenvalue weighted by atomic mass is 32.2. The summed E-state index contributed by atoms with van der Waals surface area (Å²) in [4.78, 5) is 15.3. The Hall–Kier alpha value is -1.29. The zero-order valence-electron chi connectivity index (χ0n) is 11.7. The minimum absolute atomic E-state index is 0.0855. The molecule has 3 nitrogen and oxygen atoms in total. The molecule has 1 N–H and O–H groups in total. The Labute approximate surface area is 119 Å². The van der Waals surface area contributed by atoms with Gasteiger partial charge in [-0.15, -0.1) is 0 Å². The number of aliphatic imine (C=N–C) groups is 1. The lowest BCUT2D eigenvalue weighted by Crippen LogP contribution is -2.22. The monoisotopic (exact) mass is 279 g/mol. The molecule has 0 aliphatic carbocycles. The van der Waals surface area contributed by atoms with Gasteiger partial charge in [0, 0.05) is 17.7 Å². The van der Waals surface area contributed by atoms with Crippen LogP contribution in [0.3, 0.4) is 0 Å². The molecule has 0 spiro atoms. The molecule has 0 bridgehead atoms. The van der Waals surface area contributed by atoms with Gasteiger partial charge in [-0.05, 0) is 11.0 Å². The van der Waals surface area contributed by atoms with Crippen molar-refractivity contribution in [3.05, 3.63) is 35.9 Å². The molecule has 19 heavy (non-hydrogen) atoms. The molecule has 0 amide bonds. The third-order valence-corrected chi connectivity index (χ3v) is 3.40. The lowest BCUT2D eigenvalue weighted by atomic mass is 9.99. The largest absolute Gasteiger partial charge is 0.480 e. The van der Waals surface area contributed by atoms with Gasteiger partial charge in [0.25, 0.3) is 0 Å². The number of carbonyl (C=O) groups is 1. The second-order valence-electron chi connectivity index (χ2n) is 5.50. The van der Waals surface area contributed by atoms with Gasteiger partial charge in [0.15, 0.2) is 6.04 Å². The normalized spacial score (nSPS) is 13.6. The molecule has 1 rings (SSSR count). The summed E-state index contributed by atoms with van der Waals surface area (Å²) < 4.78 is 0. The number of carboxylic acids is 1. The van der Waals surface area contributed by atoms with Crippen LogP contribution in [0.2, 0.25) is 0 Å². The average Bonchev–Trinajstić information content (AvgIpc) is 2.33. The van der Waals surface area contributed by atoms with Gasteiger partial charge < -0.3 is 5.11 Å². The smallest absolute Gasteiger partial charge is 0.329 e. The van der Waals surface area contributed by atoms with Crippen molar-refractivity contribution >= 4 is 23.9 Å². The van der Waals surface area contributed by atoms with Crippen LogP contribution in [0.4, 0.5) is 0 Å². The number of carboxylic acid groups (broad SMARTS) is 1. The van der Waals surface area contributed by atoms with Crippen molar-refractivity contribution in [3.8, 4) is 0 Å². The summed E-state index contributed by atoms with van der Waals surface area (Å²) in [5.41, 5.74) is 1.12. The lowest BCUT2D eigenvalue weighted by Gasteiger charge is -2.13. The summed E-state index contributed by atoms with van der Waals surface area (Å²) in [6.45, 7) is 6.02. The van der Waals surface area contributed by atoms with E-state index in [9.17, 15) is 4.79 Å². The number of hydrogen-bond donors (Lipinski definition) is 1. The Morgan fingerprint density at radius 3 is 2.53 bits per heavy atom. The Bertz CT molecular complexity index is 424. The molecule has 4 heteroatoms. The van der Waals surface area contributed by atoms with Crippen molar-refractivity contribution in [2.75, 3.05) is 5.75 Å². The van der Waals surface area contributed by atoms with Gasteiger partial charge in [-0.3, -0.25) is 4.99 Å². The predicted octanol–water partition coefficient (Wildman–Crippen LogP) is 3.49. The zero-order chi connectivity index (χ0) is 14.3. The second kappa shape index (κ2) is 7.34. The molecule has 0 fully saturated rings. The number of nitrogens with zero attached hydrogens (tertiary/aromatic N) is 1. The van der Waals surface area contributed by atoms with Crippen molar-refractivity contribution < 1.29 is 9.90 Å². The first-order chi connectivity index (χ1) is 8.88. The van der Waals surface area contributed by atoms with Crippen molar-refractivity contribution in [2.45, 2.75) is 32.6 Å². The molecule has 0 unspecified atom stereocenters. The molecule has 0 heterocycles. The van der Waals surface area contributed by atoms with E-state index in [0.29, 0.717) is 5.75 Å². The highest BCUT2D eigenvalue weighted by Crippen LogP contribution is 2.15. The van der Waals surface area contributed by atoms with E-state index < -0.39 is 12.0 Å². The fourth-order valence-corrected chi connectivity index (χ4v) is 2.35. The van der Waals surface area contributed by atoms with Gasteiger partial charge in [0.1, 0.15) is 0 Å². The molecule has 0 radical (unpaired) electrons. The third-order valence-electron chi connectivity index (χ3n) is 2.31. The van der Waals surface area contributed by atoms with Crippen LogP contribution in [0.25, 0.3) is 0 Å². The first-order valence-corrected chi connectivity index (χ1v) is 7.43. The van der Waals surface area contributed by atoms with Crippen LogP contribution < -0.4 is 0 Å². The van der Waals surface area contributed by atoms with Crippen LogP contribution in [0.5, 0.6) is 0 Å². The Morgan fingerprint density at radius 2 is 2.00 bits per heavy atom. The van der Waals surface area contributed by atoms with Gasteiger partial charge >= 0.3 is 5.97 Å². The summed E-state index contributed by atoms with van der Waals surface area (Å²) in [7, 11) is 0. The molecule has 1 atom stereocenters. The number of hydrogen-bond acceptors (Lipinski definition) is 3. The average molecular weight is 279 g/mol. The van der Waals surface area contributed by atoms with E-state index >= 15 is 0 Å². The number of aliphatic carboxylic acids is 1. The van der Waals surface area contributed by atoms with Crippen LogP contribution in [0, 0.1) is 5.41 Å². The van der Waals surface area contributed by atoms with Gasteiger partial charge in [-0.25, -0.2) is 4.79 Å². The standard InChI is InChI=1S/C15H21NO2S/c1-15(2,3)11-16-13(14(17)18)10-19-9-12-7-5-4-6-8-12/h4-8,11,13H,9-10H2,1-3H3,(H,17,18)/t13-/m0/s1. The number of rotatable bonds is 6. The van der Waals surface area contributed by atoms with E-state index in [4.69, 9.17) is 5.11 Å². The van der Waals surface area contributed by atoms with E-state index in [1.165, 1.54) is 5.56 Å². The van der Waals surface area contributed by atoms with Crippen LogP contribution in [0.1, 0.15) is 26.3 Å².